The Hall–Kier alpha value is -2.52. The van der Waals surface area contributed by atoms with E-state index in [1.54, 1.807) is 0 Å². The summed E-state index contributed by atoms with van der Waals surface area (Å²) >= 11 is 0. The average Bonchev–Trinajstić information content (AvgIpc) is 2.38. The first-order valence-corrected chi connectivity index (χ1v) is 6.24. The van der Waals surface area contributed by atoms with E-state index in [1.807, 2.05) is 36.1 Å². The Balaban J connectivity index is 0. The number of benzene rings is 1. The molecule has 0 aliphatic carbocycles. The third-order valence-electron chi connectivity index (χ3n) is 2.14. The van der Waals surface area contributed by atoms with Gasteiger partial charge >= 0.3 is 12.2 Å². The number of primary amides is 2. The molecular weight excluding hydrogens is 294 g/mol. The van der Waals surface area contributed by atoms with Crippen LogP contribution in [-0.2, 0) is 0 Å². The summed E-state index contributed by atoms with van der Waals surface area (Å²) in [4.78, 5) is 19.5. The molecule has 1 aromatic rings. The molecule has 0 atom stereocenters. The second-order valence-electron chi connectivity index (χ2n) is 3.95. The lowest BCUT2D eigenvalue weighted by molar-refractivity contribution is 0.204. The summed E-state index contributed by atoms with van der Waals surface area (Å²) in [5.41, 5.74) is 10.3. The molecule has 0 aliphatic rings. The fourth-order valence-electron chi connectivity index (χ4n) is 1.37. The van der Waals surface area contributed by atoms with Crippen LogP contribution in [-0.4, -0.2) is 58.9 Å². The quantitative estimate of drug-likeness (QED) is 0.444. The van der Waals surface area contributed by atoms with Crippen LogP contribution in [0.3, 0.4) is 0 Å². The Morgan fingerprint density at radius 1 is 0.955 bits per heavy atom. The predicted octanol–water partition coefficient (Wildman–Crippen LogP) is 0.0322. The largest absolute Gasteiger partial charge is 0.465 e. The van der Waals surface area contributed by atoms with Gasteiger partial charge in [-0.1, -0.05) is 17.7 Å². The van der Waals surface area contributed by atoms with Crippen LogP contribution >= 0.6 is 0 Å². The number of rotatable bonds is 5. The van der Waals surface area contributed by atoms with E-state index in [1.165, 1.54) is 5.56 Å². The summed E-state index contributed by atoms with van der Waals surface area (Å²) in [5, 5.41) is 32.1. The van der Waals surface area contributed by atoms with Crippen molar-refractivity contribution in [3.63, 3.8) is 0 Å². The second kappa shape index (κ2) is 13.5. The molecule has 0 saturated carbocycles. The molecule has 9 heteroatoms. The van der Waals surface area contributed by atoms with Crippen LogP contribution in [0, 0.1) is 6.92 Å². The smallest absolute Gasteiger partial charge is 0.402 e. The van der Waals surface area contributed by atoms with E-state index in [4.69, 9.17) is 30.0 Å². The highest BCUT2D eigenvalue weighted by Crippen LogP contribution is 2.14. The second-order valence-corrected chi connectivity index (χ2v) is 3.95. The number of carboxylic acid groups (broad SMARTS) is 2. The molecule has 0 bridgehead atoms. The molecule has 22 heavy (non-hydrogen) atoms. The summed E-state index contributed by atoms with van der Waals surface area (Å²) in [6.45, 7) is 3.36. The summed E-state index contributed by atoms with van der Waals surface area (Å²) < 4.78 is 0. The normalized spacial score (nSPS) is 8.68. The van der Waals surface area contributed by atoms with E-state index >= 15 is 0 Å². The Morgan fingerprint density at radius 3 is 1.55 bits per heavy atom. The van der Waals surface area contributed by atoms with Crippen molar-refractivity contribution in [3.8, 4) is 0 Å². The highest BCUT2D eigenvalue weighted by Gasteiger charge is 2.03. The number of nitrogens with zero attached hydrogens (tertiary/aromatic N) is 1. The number of aliphatic hydroxyl groups is 2. The first-order valence-electron chi connectivity index (χ1n) is 6.24. The van der Waals surface area contributed by atoms with E-state index in [2.05, 4.69) is 11.5 Å². The van der Waals surface area contributed by atoms with Crippen molar-refractivity contribution in [3.05, 3.63) is 29.8 Å². The lowest BCUT2D eigenvalue weighted by Crippen LogP contribution is -2.29. The number of hydrogen-bond donors (Lipinski definition) is 6. The van der Waals surface area contributed by atoms with Crippen molar-refractivity contribution in [2.24, 2.45) is 11.5 Å². The summed E-state index contributed by atoms with van der Waals surface area (Å²) in [7, 11) is 0. The highest BCUT2D eigenvalue weighted by molar-refractivity contribution is 5.61. The van der Waals surface area contributed by atoms with Gasteiger partial charge in [0.1, 0.15) is 0 Å². The van der Waals surface area contributed by atoms with Crippen LogP contribution in [0.1, 0.15) is 5.56 Å². The first-order chi connectivity index (χ1) is 10.2. The lowest BCUT2D eigenvalue weighted by Gasteiger charge is -2.22. The van der Waals surface area contributed by atoms with Crippen molar-refractivity contribution in [1.82, 2.24) is 0 Å². The van der Waals surface area contributed by atoms with Gasteiger partial charge in [-0.25, -0.2) is 9.59 Å². The molecule has 0 radical (unpaired) electrons. The molecule has 8 N–H and O–H groups in total. The summed E-state index contributed by atoms with van der Waals surface area (Å²) in [6, 6.07) is 8.05. The molecule has 9 nitrogen and oxygen atoms in total. The van der Waals surface area contributed by atoms with Gasteiger partial charge in [-0.15, -0.1) is 0 Å². The third-order valence-corrected chi connectivity index (χ3v) is 2.14. The van der Waals surface area contributed by atoms with E-state index in [0.717, 1.165) is 5.69 Å². The van der Waals surface area contributed by atoms with Crippen LogP contribution in [0.15, 0.2) is 24.3 Å². The Labute approximate surface area is 128 Å². The maximum absolute atomic E-state index is 8.86. The number of carbonyl (C=O) groups is 2. The number of nitrogens with two attached hydrogens (primary N) is 2. The SMILES string of the molecule is Cc1ccc(N(CCO)CCO)cc1.NC(=O)O.NC(=O)O. The standard InChI is InChI=1S/C11H17NO2.2CH3NO2/c1-10-2-4-11(5-3-10)12(6-8-13)7-9-14;2*2-1(3)4/h2-5,13-14H,6-9H2,1H3;2*2H2,(H,3,4). The first kappa shape index (κ1) is 21.8. The number of hydrogen-bond acceptors (Lipinski definition) is 5. The van der Waals surface area contributed by atoms with Crippen molar-refractivity contribution in [2.75, 3.05) is 31.2 Å². The number of anilines is 1. The number of amides is 2. The number of aliphatic hydroxyl groups excluding tert-OH is 2. The van der Waals surface area contributed by atoms with Gasteiger partial charge in [0.25, 0.3) is 0 Å². The van der Waals surface area contributed by atoms with E-state index in [9.17, 15) is 0 Å². The van der Waals surface area contributed by atoms with Crippen molar-refractivity contribution >= 4 is 17.9 Å². The summed E-state index contributed by atoms with van der Waals surface area (Å²) in [5.74, 6) is 0. The van der Waals surface area contributed by atoms with E-state index < -0.39 is 12.2 Å². The zero-order chi connectivity index (χ0) is 17.5. The molecule has 0 fully saturated rings. The van der Waals surface area contributed by atoms with Crippen molar-refractivity contribution in [2.45, 2.75) is 6.92 Å². The zero-order valence-electron chi connectivity index (χ0n) is 12.3. The van der Waals surface area contributed by atoms with Gasteiger partial charge in [-0.2, -0.15) is 0 Å². The molecule has 1 aromatic carbocycles. The molecule has 126 valence electrons. The zero-order valence-corrected chi connectivity index (χ0v) is 12.3. The van der Waals surface area contributed by atoms with E-state index in [-0.39, 0.29) is 13.2 Å². The molecule has 0 saturated heterocycles. The molecule has 0 spiro atoms. The number of aryl methyl sites for hydroxylation is 1. The Kier molecular flexibility index (Phi) is 13.3. The maximum atomic E-state index is 8.86. The van der Waals surface area contributed by atoms with E-state index in [0.29, 0.717) is 13.1 Å². The molecule has 0 unspecified atom stereocenters. The fourth-order valence-corrected chi connectivity index (χ4v) is 1.37. The van der Waals surface area contributed by atoms with Crippen LogP contribution in [0.2, 0.25) is 0 Å². The molecule has 2 amide bonds. The van der Waals surface area contributed by atoms with Crippen molar-refractivity contribution < 1.29 is 30.0 Å². The average molecular weight is 317 g/mol. The monoisotopic (exact) mass is 317 g/mol. The van der Waals surface area contributed by atoms with Crippen LogP contribution in [0.25, 0.3) is 0 Å². The fraction of sp³-hybridized carbons (Fsp3) is 0.385. The van der Waals surface area contributed by atoms with Crippen molar-refractivity contribution in [1.29, 1.82) is 0 Å². The minimum Gasteiger partial charge on any atom is -0.465 e. The van der Waals surface area contributed by atoms with Gasteiger partial charge < -0.3 is 36.8 Å². The topological polar surface area (TPSA) is 170 Å². The van der Waals surface area contributed by atoms with Gasteiger partial charge in [0, 0.05) is 18.8 Å². The molecular formula is C13H23N3O6. The lowest BCUT2D eigenvalue weighted by atomic mass is 10.2. The maximum Gasteiger partial charge on any atom is 0.402 e. The Morgan fingerprint density at radius 2 is 1.27 bits per heavy atom. The summed E-state index contributed by atoms with van der Waals surface area (Å²) in [6.07, 6.45) is -2.67. The molecule has 0 aliphatic heterocycles. The van der Waals surface area contributed by atoms with Crippen LogP contribution < -0.4 is 16.4 Å². The van der Waals surface area contributed by atoms with Gasteiger partial charge in [-0.3, -0.25) is 0 Å². The molecule has 0 heterocycles. The van der Waals surface area contributed by atoms with Crippen LogP contribution in [0.4, 0.5) is 15.3 Å². The van der Waals surface area contributed by atoms with Gasteiger partial charge in [0.15, 0.2) is 0 Å². The predicted molar refractivity (Wildman–Crippen MR) is 82.0 cm³/mol. The minimum absolute atomic E-state index is 0.105. The molecule has 0 aromatic heterocycles. The minimum atomic E-state index is -1.33. The molecule has 1 rings (SSSR count). The Bertz CT molecular complexity index is 398. The van der Waals surface area contributed by atoms with Gasteiger partial charge in [0.2, 0.25) is 0 Å². The third kappa shape index (κ3) is 15.5. The van der Waals surface area contributed by atoms with Crippen LogP contribution in [0.5, 0.6) is 0 Å². The van der Waals surface area contributed by atoms with Gasteiger partial charge in [0.05, 0.1) is 13.2 Å². The van der Waals surface area contributed by atoms with Gasteiger partial charge in [-0.05, 0) is 19.1 Å². The highest BCUT2D eigenvalue weighted by atomic mass is 16.4.